The lowest BCUT2D eigenvalue weighted by atomic mass is 9.76. The number of fused-ring (bicyclic) bond motifs is 6. The molecule has 30 heavy (non-hydrogen) atoms. The molecule has 4 aliphatic heterocycles. The molecule has 162 valence electrons. The van der Waals surface area contributed by atoms with Crippen LogP contribution < -0.4 is 0 Å². The summed E-state index contributed by atoms with van der Waals surface area (Å²) in [6, 6.07) is 9.24. The first-order valence-corrected chi connectivity index (χ1v) is 12.0. The van der Waals surface area contributed by atoms with Gasteiger partial charge in [-0.3, -0.25) is 9.80 Å². The summed E-state index contributed by atoms with van der Waals surface area (Å²) < 4.78 is 5.89. The summed E-state index contributed by atoms with van der Waals surface area (Å²) in [4.78, 5) is 18.1. The van der Waals surface area contributed by atoms with Gasteiger partial charge >= 0.3 is 5.97 Å². The van der Waals surface area contributed by atoms with Crippen LogP contribution in [0, 0.1) is 13.8 Å². The van der Waals surface area contributed by atoms with Crippen LogP contribution in [-0.2, 0) is 9.53 Å². The van der Waals surface area contributed by atoms with Crippen molar-refractivity contribution in [3.05, 3.63) is 41.0 Å². The number of hydrogen-bond acceptors (Lipinski definition) is 4. The van der Waals surface area contributed by atoms with E-state index >= 15 is 0 Å². The average molecular weight is 409 g/mol. The van der Waals surface area contributed by atoms with Crippen LogP contribution in [-0.4, -0.2) is 59.1 Å². The van der Waals surface area contributed by atoms with E-state index in [1.54, 1.807) is 6.08 Å². The fraction of sp³-hybridized carbons (Fsp3) is 0.654. The molecule has 0 aromatic heterocycles. The predicted octanol–water partition coefficient (Wildman–Crippen LogP) is 4.48. The molecule has 4 heteroatoms. The number of aryl methyl sites for hydroxylation is 2. The second-order valence-electron chi connectivity index (χ2n) is 10.1. The third-order valence-corrected chi connectivity index (χ3v) is 8.06. The van der Waals surface area contributed by atoms with Crippen LogP contribution in [0.1, 0.15) is 68.1 Å². The van der Waals surface area contributed by atoms with Gasteiger partial charge in [-0.15, -0.1) is 0 Å². The van der Waals surface area contributed by atoms with Crippen molar-refractivity contribution in [2.75, 3.05) is 13.1 Å². The standard InChI is InChI=1S/C26H36N2O2/c1-18-6-7-20(19(2)13-18)8-9-26(29)30-25-10-12-28-22-14-21-5-3-4-11-27(21)23(15-22)16-24(28)17-25/h6-9,13,21-25H,3-5,10-12,14-17H2,1-2H3/b9-8+/t21-,22+,23+,24-,25?/m1/s1. The van der Waals surface area contributed by atoms with Crippen molar-refractivity contribution >= 4 is 12.0 Å². The van der Waals surface area contributed by atoms with Crippen molar-refractivity contribution in [2.24, 2.45) is 0 Å². The minimum Gasteiger partial charge on any atom is -0.459 e. The van der Waals surface area contributed by atoms with Gasteiger partial charge in [0, 0.05) is 43.2 Å². The summed E-state index contributed by atoms with van der Waals surface area (Å²) in [5.74, 6) is -0.194. The van der Waals surface area contributed by atoms with Crippen molar-refractivity contribution < 1.29 is 9.53 Å². The largest absolute Gasteiger partial charge is 0.459 e. The van der Waals surface area contributed by atoms with Gasteiger partial charge in [-0.25, -0.2) is 4.79 Å². The Morgan fingerprint density at radius 1 is 0.933 bits per heavy atom. The maximum Gasteiger partial charge on any atom is 0.331 e. The summed E-state index contributed by atoms with van der Waals surface area (Å²) in [7, 11) is 0. The first kappa shape index (κ1) is 20.3. The Labute approximate surface area is 181 Å². The Bertz CT molecular complexity index is 819. The summed E-state index contributed by atoms with van der Waals surface area (Å²) in [6.07, 6.45) is 13.7. The summed E-state index contributed by atoms with van der Waals surface area (Å²) in [5.41, 5.74) is 3.52. The molecule has 4 aliphatic rings. The number of ether oxygens (including phenoxy) is 1. The zero-order chi connectivity index (χ0) is 20.7. The molecule has 5 rings (SSSR count). The van der Waals surface area contributed by atoms with Crippen LogP contribution in [0.2, 0.25) is 0 Å². The molecule has 1 aromatic carbocycles. The molecule has 4 saturated heterocycles. The molecule has 0 aliphatic carbocycles. The van der Waals surface area contributed by atoms with E-state index in [2.05, 4.69) is 41.8 Å². The van der Waals surface area contributed by atoms with Crippen molar-refractivity contribution in [2.45, 2.75) is 95.5 Å². The monoisotopic (exact) mass is 408 g/mol. The van der Waals surface area contributed by atoms with E-state index in [1.165, 1.54) is 56.2 Å². The summed E-state index contributed by atoms with van der Waals surface area (Å²) in [6.45, 7) is 6.57. The third-order valence-electron chi connectivity index (χ3n) is 8.06. The third kappa shape index (κ3) is 4.09. The Kier molecular flexibility index (Phi) is 5.72. The van der Waals surface area contributed by atoms with Gasteiger partial charge in [-0.2, -0.15) is 0 Å². The van der Waals surface area contributed by atoms with E-state index < -0.39 is 0 Å². The maximum atomic E-state index is 12.5. The summed E-state index contributed by atoms with van der Waals surface area (Å²) >= 11 is 0. The average Bonchev–Trinajstić information content (AvgIpc) is 2.73. The lowest BCUT2D eigenvalue weighted by Crippen LogP contribution is -2.65. The number of piperidine rings is 4. The fourth-order valence-corrected chi connectivity index (χ4v) is 6.66. The number of nitrogens with zero attached hydrogens (tertiary/aromatic N) is 2. The normalized spacial score (nSPS) is 34.4. The second-order valence-corrected chi connectivity index (χ2v) is 10.1. The van der Waals surface area contributed by atoms with Gasteiger partial charge in [0.1, 0.15) is 6.10 Å². The van der Waals surface area contributed by atoms with Crippen LogP contribution in [0.25, 0.3) is 6.08 Å². The van der Waals surface area contributed by atoms with Crippen LogP contribution in [0.4, 0.5) is 0 Å². The van der Waals surface area contributed by atoms with Gasteiger partial charge in [0.25, 0.3) is 0 Å². The Morgan fingerprint density at radius 2 is 1.67 bits per heavy atom. The maximum absolute atomic E-state index is 12.5. The lowest BCUT2D eigenvalue weighted by molar-refractivity contribution is -0.149. The van der Waals surface area contributed by atoms with Gasteiger partial charge in [-0.05, 0) is 76.1 Å². The first-order valence-electron chi connectivity index (χ1n) is 12.0. The minimum atomic E-state index is -0.194. The van der Waals surface area contributed by atoms with Crippen LogP contribution in [0.3, 0.4) is 0 Å². The van der Waals surface area contributed by atoms with Gasteiger partial charge in [0.2, 0.25) is 0 Å². The molecular formula is C26H36N2O2. The molecule has 0 saturated carbocycles. The molecule has 1 unspecified atom stereocenters. The highest BCUT2D eigenvalue weighted by Gasteiger charge is 2.47. The number of esters is 1. The number of rotatable bonds is 3. The molecule has 0 spiro atoms. The number of benzene rings is 1. The zero-order valence-electron chi connectivity index (χ0n) is 18.6. The van der Waals surface area contributed by atoms with E-state index in [0.717, 1.165) is 43.1 Å². The molecule has 0 radical (unpaired) electrons. The molecule has 0 amide bonds. The predicted molar refractivity (Wildman–Crippen MR) is 120 cm³/mol. The van der Waals surface area contributed by atoms with Crippen molar-refractivity contribution in [1.82, 2.24) is 9.80 Å². The number of hydrogen-bond donors (Lipinski definition) is 0. The molecule has 4 fully saturated rings. The highest BCUT2D eigenvalue weighted by molar-refractivity contribution is 5.87. The van der Waals surface area contributed by atoms with E-state index in [1.807, 2.05) is 6.08 Å². The number of carbonyl (C=O) groups is 1. The minimum absolute atomic E-state index is 0.0681. The van der Waals surface area contributed by atoms with Crippen molar-refractivity contribution in [1.29, 1.82) is 0 Å². The molecule has 4 nitrogen and oxygen atoms in total. The Balaban J connectivity index is 1.18. The SMILES string of the molecule is Cc1ccc(/C=C/C(=O)OC2CCN3[C@@H]4C[C@@H](C[C@@H]3C2)N2CCCC[C@@H]2C4)c(C)c1. The Hall–Kier alpha value is -1.65. The highest BCUT2D eigenvalue weighted by atomic mass is 16.5. The van der Waals surface area contributed by atoms with Crippen LogP contribution in [0.5, 0.6) is 0 Å². The van der Waals surface area contributed by atoms with E-state index in [9.17, 15) is 4.79 Å². The molecule has 0 N–H and O–H groups in total. The molecule has 4 heterocycles. The van der Waals surface area contributed by atoms with E-state index in [-0.39, 0.29) is 12.1 Å². The molecule has 2 bridgehead atoms. The van der Waals surface area contributed by atoms with Gasteiger partial charge in [0.15, 0.2) is 0 Å². The first-order chi connectivity index (χ1) is 14.6. The molecular weight excluding hydrogens is 372 g/mol. The zero-order valence-corrected chi connectivity index (χ0v) is 18.6. The van der Waals surface area contributed by atoms with E-state index in [4.69, 9.17) is 4.74 Å². The van der Waals surface area contributed by atoms with Crippen LogP contribution >= 0.6 is 0 Å². The molecule has 5 atom stereocenters. The van der Waals surface area contributed by atoms with Crippen LogP contribution in [0.15, 0.2) is 24.3 Å². The van der Waals surface area contributed by atoms with Crippen molar-refractivity contribution in [3.8, 4) is 0 Å². The van der Waals surface area contributed by atoms with E-state index in [0.29, 0.717) is 6.04 Å². The highest BCUT2D eigenvalue weighted by Crippen LogP contribution is 2.42. The molecule has 1 aromatic rings. The van der Waals surface area contributed by atoms with Gasteiger partial charge in [0.05, 0.1) is 0 Å². The Morgan fingerprint density at radius 3 is 2.47 bits per heavy atom. The van der Waals surface area contributed by atoms with Crippen molar-refractivity contribution in [3.63, 3.8) is 0 Å². The number of carbonyl (C=O) groups excluding carboxylic acids is 1. The topological polar surface area (TPSA) is 32.8 Å². The van der Waals surface area contributed by atoms with Gasteiger partial charge < -0.3 is 4.74 Å². The lowest BCUT2D eigenvalue weighted by Gasteiger charge is -2.58. The quantitative estimate of drug-likeness (QED) is 0.545. The second kappa shape index (κ2) is 8.47. The smallest absolute Gasteiger partial charge is 0.331 e. The van der Waals surface area contributed by atoms with Gasteiger partial charge in [-0.1, -0.05) is 30.2 Å². The summed E-state index contributed by atoms with van der Waals surface area (Å²) in [5, 5.41) is 0. The fourth-order valence-electron chi connectivity index (χ4n) is 6.66.